The van der Waals surface area contributed by atoms with Crippen LogP contribution in [0.5, 0.6) is 5.75 Å². The van der Waals surface area contributed by atoms with Gasteiger partial charge in [-0.1, -0.05) is 24.3 Å². The fourth-order valence-electron chi connectivity index (χ4n) is 2.35. The molecule has 0 spiro atoms. The molecule has 0 saturated carbocycles. The Hall–Kier alpha value is -3.28. The van der Waals surface area contributed by atoms with Crippen molar-refractivity contribution in [2.45, 2.75) is 0 Å². The molecule has 0 radical (unpaired) electrons. The number of phenolic OH excluding ortho intramolecular Hbond substituents is 1. The van der Waals surface area contributed by atoms with Gasteiger partial charge < -0.3 is 10.4 Å². The molecule has 0 fully saturated rings. The maximum absolute atomic E-state index is 13.8. The van der Waals surface area contributed by atoms with Gasteiger partial charge in [0, 0.05) is 5.56 Å². The highest BCUT2D eigenvalue weighted by Crippen LogP contribution is 2.27. The lowest BCUT2D eigenvalue weighted by molar-refractivity contribution is 0.102. The zero-order valence-electron chi connectivity index (χ0n) is 12.8. The molecule has 0 saturated heterocycles. The van der Waals surface area contributed by atoms with Gasteiger partial charge in [-0.05, 0) is 47.5 Å². The summed E-state index contributed by atoms with van der Waals surface area (Å²) in [4.78, 5) is 12.3. The van der Waals surface area contributed by atoms with Gasteiger partial charge in [0.2, 0.25) is 0 Å². The van der Waals surface area contributed by atoms with E-state index in [9.17, 15) is 23.1 Å². The largest absolute Gasteiger partial charge is 0.505 e. The zero-order valence-corrected chi connectivity index (χ0v) is 12.8. The monoisotopic (exact) mass is 343 g/mol. The molecule has 0 aliphatic heterocycles. The summed E-state index contributed by atoms with van der Waals surface area (Å²) in [6.07, 6.45) is 0. The van der Waals surface area contributed by atoms with E-state index in [1.54, 1.807) is 18.2 Å². The molecule has 1 amide bonds. The minimum absolute atomic E-state index is 0.129. The molecule has 3 nitrogen and oxygen atoms in total. The molecule has 3 aromatic carbocycles. The maximum atomic E-state index is 13.8. The number of benzene rings is 3. The number of carbonyl (C=O) groups excluding carboxylic acids is 1. The molecule has 0 bridgehead atoms. The summed E-state index contributed by atoms with van der Waals surface area (Å²) in [6, 6.07) is 13.7. The summed E-state index contributed by atoms with van der Waals surface area (Å²) >= 11 is 0. The second kappa shape index (κ2) is 6.68. The van der Waals surface area contributed by atoms with Crippen molar-refractivity contribution in [3.05, 3.63) is 83.7 Å². The van der Waals surface area contributed by atoms with E-state index in [-0.39, 0.29) is 5.56 Å². The van der Waals surface area contributed by atoms with Crippen LogP contribution in [0.1, 0.15) is 10.4 Å². The quantitative estimate of drug-likeness (QED) is 0.722. The molecule has 3 rings (SSSR count). The Kier molecular flexibility index (Phi) is 4.43. The normalized spacial score (nSPS) is 10.5. The number of carbonyl (C=O) groups is 1. The van der Waals surface area contributed by atoms with Crippen LogP contribution in [-0.4, -0.2) is 11.0 Å². The van der Waals surface area contributed by atoms with Crippen LogP contribution in [0.25, 0.3) is 11.1 Å². The Bertz CT molecular complexity index is 957. The second-order valence-corrected chi connectivity index (χ2v) is 5.30. The first-order valence-electron chi connectivity index (χ1n) is 7.30. The second-order valence-electron chi connectivity index (χ2n) is 5.30. The summed E-state index contributed by atoms with van der Waals surface area (Å²) in [7, 11) is 0. The van der Waals surface area contributed by atoms with E-state index in [0.717, 1.165) is 12.1 Å². The predicted octanol–water partition coefficient (Wildman–Crippen LogP) is 4.73. The summed E-state index contributed by atoms with van der Waals surface area (Å²) in [6.45, 7) is 0. The number of phenols is 1. The fourth-order valence-corrected chi connectivity index (χ4v) is 2.35. The number of nitrogens with one attached hydrogen (secondary N) is 1. The Morgan fingerprint density at radius 1 is 0.880 bits per heavy atom. The Balaban J connectivity index is 1.92. The van der Waals surface area contributed by atoms with Crippen LogP contribution in [0, 0.1) is 17.5 Å². The van der Waals surface area contributed by atoms with E-state index >= 15 is 0 Å². The van der Waals surface area contributed by atoms with Gasteiger partial charge in [-0.25, -0.2) is 13.2 Å². The SMILES string of the molecule is O=C(Nc1c(F)ccc(O)c1F)c1cccc(-c2cccc(F)c2)c1. The highest BCUT2D eigenvalue weighted by atomic mass is 19.1. The van der Waals surface area contributed by atoms with E-state index in [2.05, 4.69) is 5.32 Å². The Labute approximate surface area is 141 Å². The lowest BCUT2D eigenvalue weighted by atomic mass is 10.0. The zero-order chi connectivity index (χ0) is 18.0. The number of rotatable bonds is 3. The summed E-state index contributed by atoms with van der Waals surface area (Å²) in [5.74, 6) is -4.22. The van der Waals surface area contributed by atoms with Crippen molar-refractivity contribution in [2.24, 2.45) is 0 Å². The van der Waals surface area contributed by atoms with Gasteiger partial charge in [0.05, 0.1) is 0 Å². The molecule has 0 heterocycles. The average molecular weight is 343 g/mol. The first-order valence-corrected chi connectivity index (χ1v) is 7.30. The van der Waals surface area contributed by atoms with E-state index in [1.807, 2.05) is 0 Å². The highest BCUT2D eigenvalue weighted by Gasteiger charge is 2.17. The molecular weight excluding hydrogens is 331 g/mol. The van der Waals surface area contributed by atoms with Crippen molar-refractivity contribution in [3.63, 3.8) is 0 Å². The number of hydrogen-bond acceptors (Lipinski definition) is 2. The smallest absolute Gasteiger partial charge is 0.255 e. The fraction of sp³-hybridized carbons (Fsp3) is 0. The molecule has 0 aliphatic rings. The minimum atomic E-state index is -1.25. The van der Waals surface area contributed by atoms with E-state index in [4.69, 9.17) is 0 Å². The number of aromatic hydroxyl groups is 1. The van der Waals surface area contributed by atoms with Crippen LogP contribution in [0.3, 0.4) is 0 Å². The van der Waals surface area contributed by atoms with Crippen LogP contribution in [0.15, 0.2) is 60.7 Å². The van der Waals surface area contributed by atoms with Gasteiger partial charge in [0.15, 0.2) is 11.6 Å². The van der Waals surface area contributed by atoms with Gasteiger partial charge in [-0.2, -0.15) is 0 Å². The van der Waals surface area contributed by atoms with Crippen LogP contribution in [-0.2, 0) is 0 Å². The molecule has 0 atom stereocenters. The maximum Gasteiger partial charge on any atom is 0.255 e. The van der Waals surface area contributed by atoms with Gasteiger partial charge >= 0.3 is 0 Å². The number of amides is 1. The van der Waals surface area contributed by atoms with E-state index in [1.165, 1.54) is 30.3 Å². The molecule has 25 heavy (non-hydrogen) atoms. The molecule has 126 valence electrons. The number of anilines is 1. The predicted molar refractivity (Wildman–Crippen MR) is 87.8 cm³/mol. The van der Waals surface area contributed by atoms with Crippen molar-refractivity contribution in [1.29, 1.82) is 0 Å². The van der Waals surface area contributed by atoms with Crippen LogP contribution < -0.4 is 5.32 Å². The third-order valence-electron chi connectivity index (χ3n) is 3.59. The molecular formula is C19H12F3NO2. The first-order chi connectivity index (χ1) is 12.0. The van der Waals surface area contributed by atoms with Crippen molar-refractivity contribution in [2.75, 3.05) is 5.32 Å². The van der Waals surface area contributed by atoms with E-state index in [0.29, 0.717) is 11.1 Å². The Morgan fingerprint density at radius 3 is 2.28 bits per heavy atom. The molecule has 6 heteroatoms. The van der Waals surface area contributed by atoms with Crippen LogP contribution >= 0.6 is 0 Å². The topological polar surface area (TPSA) is 49.3 Å². The number of hydrogen-bond donors (Lipinski definition) is 2. The van der Waals surface area contributed by atoms with Crippen molar-refractivity contribution < 1.29 is 23.1 Å². The van der Waals surface area contributed by atoms with Crippen LogP contribution in [0.2, 0.25) is 0 Å². The standard InChI is InChI=1S/C19H12F3NO2/c20-14-6-2-4-12(10-14)11-3-1-5-13(9-11)19(25)23-18-15(21)7-8-16(24)17(18)22/h1-10,24H,(H,23,25). The lowest BCUT2D eigenvalue weighted by Crippen LogP contribution is -2.14. The van der Waals surface area contributed by atoms with E-state index < -0.39 is 34.8 Å². The average Bonchev–Trinajstić information content (AvgIpc) is 2.62. The van der Waals surface area contributed by atoms with Crippen molar-refractivity contribution in [3.8, 4) is 16.9 Å². The van der Waals surface area contributed by atoms with Gasteiger partial charge in [-0.15, -0.1) is 0 Å². The number of halogens is 3. The first kappa shape index (κ1) is 16.6. The molecule has 0 aliphatic carbocycles. The van der Waals surface area contributed by atoms with Gasteiger partial charge in [0.25, 0.3) is 5.91 Å². The summed E-state index contributed by atoms with van der Waals surface area (Å²) < 4.78 is 40.8. The minimum Gasteiger partial charge on any atom is -0.505 e. The highest BCUT2D eigenvalue weighted by molar-refractivity contribution is 6.05. The molecule has 2 N–H and O–H groups in total. The van der Waals surface area contributed by atoms with Crippen molar-refractivity contribution >= 4 is 11.6 Å². The molecule has 3 aromatic rings. The molecule has 0 unspecified atom stereocenters. The Morgan fingerprint density at radius 2 is 1.56 bits per heavy atom. The van der Waals surface area contributed by atoms with Crippen LogP contribution in [0.4, 0.5) is 18.9 Å². The van der Waals surface area contributed by atoms with Gasteiger partial charge in [0.1, 0.15) is 17.3 Å². The summed E-state index contributed by atoms with van der Waals surface area (Å²) in [5.41, 5.74) is 0.526. The van der Waals surface area contributed by atoms with Crippen molar-refractivity contribution in [1.82, 2.24) is 0 Å². The third-order valence-corrected chi connectivity index (χ3v) is 3.59. The van der Waals surface area contributed by atoms with Gasteiger partial charge in [-0.3, -0.25) is 4.79 Å². The lowest BCUT2D eigenvalue weighted by Gasteiger charge is -2.10. The molecule has 0 aromatic heterocycles. The summed E-state index contributed by atoms with van der Waals surface area (Å²) in [5, 5.41) is 11.4. The third kappa shape index (κ3) is 3.47.